The molecule has 0 unspecified atom stereocenters. The molecular weight excluding hydrogens is 370 g/mol. The van der Waals surface area contributed by atoms with E-state index in [1.165, 1.54) is 55.4 Å². The highest BCUT2D eigenvalue weighted by atomic mass is 32.2. The average molecular weight is 389 g/mol. The van der Waals surface area contributed by atoms with E-state index >= 15 is 0 Å². The van der Waals surface area contributed by atoms with Gasteiger partial charge >= 0.3 is 0 Å². The third-order valence-electron chi connectivity index (χ3n) is 4.52. The van der Waals surface area contributed by atoms with Crippen LogP contribution in [0.1, 0.15) is 22.3 Å². The molecule has 1 amide bonds. The number of carbonyl (C=O) groups excluding carboxylic acids is 1. The molecule has 0 spiro atoms. The number of amides is 1. The molecule has 2 aromatic rings. The summed E-state index contributed by atoms with van der Waals surface area (Å²) in [7, 11) is -0.702. The number of nitro benzene ring substituents is 1. The summed E-state index contributed by atoms with van der Waals surface area (Å²) in [6.07, 6.45) is 1.50. The van der Waals surface area contributed by atoms with E-state index in [1.54, 1.807) is 6.07 Å². The van der Waals surface area contributed by atoms with Crippen LogP contribution in [0, 0.1) is 10.1 Å². The van der Waals surface area contributed by atoms with Crippen molar-refractivity contribution in [3.05, 3.63) is 63.7 Å². The Balaban J connectivity index is 1.94. The van der Waals surface area contributed by atoms with Crippen LogP contribution in [0.25, 0.3) is 0 Å². The first-order valence-electron chi connectivity index (χ1n) is 8.33. The minimum Gasteiger partial charge on any atom is -0.308 e. The van der Waals surface area contributed by atoms with Crippen molar-refractivity contribution in [1.29, 1.82) is 0 Å². The Bertz CT molecular complexity index is 1000. The molecule has 0 aromatic heterocycles. The Morgan fingerprint density at radius 3 is 2.41 bits per heavy atom. The number of hydrogen-bond donors (Lipinski definition) is 0. The Kier molecular flexibility index (Phi) is 4.99. The van der Waals surface area contributed by atoms with Crippen molar-refractivity contribution in [2.24, 2.45) is 0 Å². The second kappa shape index (κ2) is 7.09. The number of aryl methyl sites for hydroxylation is 1. The predicted octanol–water partition coefficient (Wildman–Crippen LogP) is 2.44. The lowest BCUT2D eigenvalue weighted by Crippen LogP contribution is -2.35. The molecule has 1 heterocycles. The van der Waals surface area contributed by atoms with Gasteiger partial charge in [-0.1, -0.05) is 6.07 Å². The standard InChI is InChI=1S/C18H19N3O5S/c1-19(2)27(25,26)16-9-6-14(7-10-16)18(22)20-11-3-4-13-5-8-15(21(23)24)12-17(13)20/h5-10,12H,3-4,11H2,1-2H3. The summed E-state index contributed by atoms with van der Waals surface area (Å²) >= 11 is 0. The lowest BCUT2D eigenvalue weighted by Gasteiger charge is -2.29. The van der Waals surface area contributed by atoms with E-state index in [0.29, 0.717) is 17.8 Å². The lowest BCUT2D eigenvalue weighted by molar-refractivity contribution is -0.384. The van der Waals surface area contributed by atoms with Crippen molar-refractivity contribution in [2.75, 3.05) is 25.5 Å². The highest BCUT2D eigenvalue weighted by molar-refractivity contribution is 7.89. The SMILES string of the molecule is CN(C)S(=O)(=O)c1ccc(C(=O)N2CCCc3ccc([N+](=O)[O-])cc32)cc1. The molecule has 1 aliphatic rings. The van der Waals surface area contributed by atoms with Crippen LogP contribution in [-0.2, 0) is 16.4 Å². The topological polar surface area (TPSA) is 101 Å². The molecule has 2 aromatic carbocycles. The normalized spacial score (nSPS) is 14.1. The largest absolute Gasteiger partial charge is 0.308 e. The van der Waals surface area contributed by atoms with Crippen LogP contribution in [0.2, 0.25) is 0 Å². The highest BCUT2D eigenvalue weighted by Gasteiger charge is 2.26. The quantitative estimate of drug-likeness (QED) is 0.590. The van der Waals surface area contributed by atoms with Crippen LogP contribution in [0.4, 0.5) is 11.4 Å². The molecule has 0 fully saturated rings. The van der Waals surface area contributed by atoms with Gasteiger partial charge in [0.1, 0.15) is 0 Å². The van der Waals surface area contributed by atoms with E-state index in [1.807, 2.05) is 0 Å². The van der Waals surface area contributed by atoms with Gasteiger partial charge in [-0.3, -0.25) is 14.9 Å². The number of fused-ring (bicyclic) bond motifs is 1. The van der Waals surface area contributed by atoms with Gasteiger partial charge < -0.3 is 4.90 Å². The molecular formula is C18H19N3O5S. The summed E-state index contributed by atoms with van der Waals surface area (Å²) in [5.74, 6) is -0.315. The fourth-order valence-corrected chi connectivity index (χ4v) is 3.93. The molecule has 3 rings (SSSR count). The maximum atomic E-state index is 12.9. The van der Waals surface area contributed by atoms with E-state index in [-0.39, 0.29) is 16.5 Å². The molecule has 8 nitrogen and oxygen atoms in total. The summed E-state index contributed by atoms with van der Waals surface area (Å²) in [4.78, 5) is 25.1. The zero-order valence-corrected chi connectivity index (χ0v) is 15.8. The fraction of sp³-hybridized carbons (Fsp3) is 0.278. The summed E-state index contributed by atoms with van der Waals surface area (Å²) in [6, 6.07) is 10.2. The van der Waals surface area contributed by atoms with Crippen LogP contribution >= 0.6 is 0 Å². The van der Waals surface area contributed by atoms with Gasteiger partial charge in [-0.05, 0) is 42.7 Å². The molecule has 1 aliphatic heterocycles. The first kappa shape index (κ1) is 19.0. The zero-order valence-electron chi connectivity index (χ0n) is 15.0. The number of carbonyl (C=O) groups is 1. The van der Waals surface area contributed by atoms with Gasteiger partial charge in [-0.15, -0.1) is 0 Å². The van der Waals surface area contributed by atoms with Gasteiger partial charge in [-0.25, -0.2) is 12.7 Å². The second-order valence-electron chi connectivity index (χ2n) is 6.44. The minimum atomic E-state index is -3.57. The molecule has 0 atom stereocenters. The molecule has 0 bridgehead atoms. The number of benzene rings is 2. The van der Waals surface area contributed by atoms with Crippen molar-refractivity contribution in [3.8, 4) is 0 Å². The predicted molar refractivity (Wildman–Crippen MR) is 100 cm³/mol. The van der Waals surface area contributed by atoms with E-state index in [2.05, 4.69) is 0 Å². The van der Waals surface area contributed by atoms with Crippen molar-refractivity contribution < 1.29 is 18.1 Å². The van der Waals surface area contributed by atoms with Crippen LogP contribution in [0.3, 0.4) is 0 Å². The summed E-state index contributed by atoms with van der Waals surface area (Å²) in [6.45, 7) is 0.449. The third kappa shape index (κ3) is 3.56. The average Bonchev–Trinajstić information content (AvgIpc) is 2.66. The summed E-state index contributed by atoms with van der Waals surface area (Å²) in [5, 5.41) is 11.1. The monoisotopic (exact) mass is 389 g/mol. The maximum absolute atomic E-state index is 12.9. The first-order chi connectivity index (χ1) is 12.7. The van der Waals surface area contributed by atoms with Gasteiger partial charge in [0.25, 0.3) is 11.6 Å². The van der Waals surface area contributed by atoms with Crippen molar-refractivity contribution >= 4 is 27.3 Å². The number of nitro groups is 1. The van der Waals surface area contributed by atoms with E-state index in [0.717, 1.165) is 22.7 Å². The van der Waals surface area contributed by atoms with Crippen LogP contribution in [0.15, 0.2) is 47.4 Å². The van der Waals surface area contributed by atoms with Crippen molar-refractivity contribution in [1.82, 2.24) is 4.31 Å². The number of hydrogen-bond acceptors (Lipinski definition) is 5. The lowest BCUT2D eigenvalue weighted by atomic mass is 10.00. The molecule has 0 saturated carbocycles. The van der Waals surface area contributed by atoms with Gasteiger partial charge in [-0.2, -0.15) is 0 Å². The molecule has 27 heavy (non-hydrogen) atoms. The maximum Gasteiger partial charge on any atom is 0.271 e. The van der Waals surface area contributed by atoms with Crippen LogP contribution < -0.4 is 4.90 Å². The Morgan fingerprint density at radius 2 is 1.81 bits per heavy atom. The number of rotatable bonds is 4. The minimum absolute atomic E-state index is 0.0686. The summed E-state index contributed by atoms with van der Waals surface area (Å²) in [5.41, 5.74) is 1.67. The smallest absolute Gasteiger partial charge is 0.271 e. The van der Waals surface area contributed by atoms with Crippen LogP contribution in [0.5, 0.6) is 0 Å². The number of nitrogens with zero attached hydrogens (tertiary/aromatic N) is 3. The second-order valence-corrected chi connectivity index (χ2v) is 8.59. The van der Waals surface area contributed by atoms with Crippen LogP contribution in [-0.4, -0.2) is 44.2 Å². The van der Waals surface area contributed by atoms with Crippen molar-refractivity contribution in [2.45, 2.75) is 17.7 Å². The third-order valence-corrected chi connectivity index (χ3v) is 6.35. The van der Waals surface area contributed by atoms with Gasteiger partial charge in [0.05, 0.1) is 15.5 Å². The van der Waals surface area contributed by atoms with Gasteiger partial charge in [0.2, 0.25) is 10.0 Å². The van der Waals surface area contributed by atoms with E-state index in [4.69, 9.17) is 0 Å². The van der Waals surface area contributed by atoms with E-state index in [9.17, 15) is 23.3 Å². The van der Waals surface area contributed by atoms with Gasteiger partial charge in [0, 0.05) is 38.3 Å². The first-order valence-corrected chi connectivity index (χ1v) is 9.77. The molecule has 0 radical (unpaired) electrons. The van der Waals surface area contributed by atoms with Crippen molar-refractivity contribution in [3.63, 3.8) is 0 Å². The molecule has 142 valence electrons. The number of sulfonamides is 1. The fourth-order valence-electron chi connectivity index (χ4n) is 3.02. The number of non-ortho nitro benzene ring substituents is 1. The highest BCUT2D eigenvalue weighted by Crippen LogP contribution is 2.32. The summed E-state index contributed by atoms with van der Waals surface area (Å²) < 4.78 is 25.4. The Morgan fingerprint density at radius 1 is 1.15 bits per heavy atom. The molecule has 0 saturated heterocycles. The van der Waals surface area contributed by atoms with Gasteiger partial charge in [0.15, 0.2) is 0 Å². The molecule has 9 heteroatoms. The zero-order chi connectivity index (χ0) is 19.8. The van der Waals surface area contributed by atoms with E-state index < -0.39 is 14.9 Å². The Hall–Kier alpha value is -2.78. The Labute approximate surface area is 157 Å². The molecule has 0 N–H and O–H groups in total. The molecule has 0 aliphatic carbocycles. The number of anilines is 1.